The Bertz CT molecular complexity index is 1440. The van der Waals surface area contributed by atoms with E-state index >= 15 is 4.39 Å². The van der Waals surface area contributed by atoms with E-state index in [2.05, 4.69) is 25.5 Å². The molecular formula is C25H24FN7O. The van der Waals surface area contributed by atoms with Gasteiger partial charge in [0.15, 0.2) is 11.6 Å². The molecule has 34 heavy (non-hydrogen) atoms. The van der Waals surface area contributed by atoms with E-state index in [4.69, 9.17) is 5.73 Å². The molecule has 5 rings (SSSR count). The minimum absolute atomic E-state index is 0.00322. The summed E-state index contributed by atoms with van der Waals surface area (Å²) in [6.07, 6.45) is 3.96. The Morgan fingerprint density at radius 1 is 1.09 bits per heavy atom. The van der Waals surface area contributed by atoms with E-state index in [9.17, 15) is 4.79 Å². The first-order valence-electron chi connectivity index (χ1n) is 11.1. The first kappa shape index (κ1) is 21.7. The summed E-state index contributed by atoms with van der Waals surface area (Å²) in [5, 5.41) is 12.1. The standard InChI is InChI=1S/C25H24FN7O/c1-13(2)33-9-7-19-16(25(33)34)4-5-20(29-19)30-21-11-15-10-17(18-12-28-8-6-14(18)3)22(26)23(27)24(15)32-31-21/h4-6,8,10-13H,7,9,27H2,1-3H3,(H,29,30,31). The summed E-state index contributed by atoms with van der Waals surface area (Å²) in [7, 11) is 0. The predicted octanol–water partition coefficient (Wildman–Crippen LogP) is 4.27. The van der Waals surface area contributed by atoms with Gasteiger partial charge in [0.1, 0.15) is 11.3 Å². The summed E-state index contributed by atoms with van der Waals surface area (Å²) >= 11 is 0. The summed E-state index contributed by atoms with van der Waals surface area (Å²) in [6, 6.07) is 8.94. The van der Waals surface area contributed by atoms with Gasteiger partial charge in [0, 0.05) is 47.9 Å². The molecular weight excluding hydrogens is 433 g/mol. The second kappa shape index (κ2) is 8.33. The van der Waals surface area contributed by atoms with Crippen LogP contribution in [-0.4, -0.2) is 43.6 Å². The lowest BCUT2D eigenvalue weighted by Crippen LogP contribution is -2.42. The van der Waals surface area contributed by atoms with Crippen molar-refractivity contribution in [3.05, 3.63) is 65.4 Å². The number of nitrogen functional groups attached to an aromatic ring is 1. The van der Waals surface area contributed by atoms with Gasteiger partial charge in [0.25, 0.3) is 5.91 Å². The Balaban J connectivity index is 1.49. The van der Waals surface area contributed by atoms with E-state index in [0.29, 0.717) is 46.7 Å². The van der Waals surface area contributed by atoms with Gasteiger partial charge in [-0.1, -0.05) is 0 Å². The average molecular weight is 458 g/mol. The number of nitrogens with one attached hydrogen (secondary N) is 1. The molecule has 0 bridgehead atoms. The third kappa shape index (κ3) is 3.68. The van der Waals surface area contributed by atoms with Crippen molar-refractivity contribution in [1.82, 2.24) is 25.1 Å². The highest BCUT2D eigenvalue weighted by atomic mass is 19.1. The van der Waals surface area contributed by atoms with Gasteiger partial charge in [0.2, 0.25) is 0 Å². The molecule has 172 valence electrons. The van der Waals surface area contributed by atoms with Gasteiger partial charge in [-0.2, -0.15) is 0 Å². The zero-order chi connectivity index (χ0) is 24.0. The van der Waals surface area contributed by atoms with Gasteiger partial charge >= 0.3 is 0 Å². The fourth-order valence-corrected chi connectivity index (χ4v) is 4.26. The normalized spacial score (nSPS) is 13.4. The van der Waals surface area contributed by atoms with Gasteiger partial charge in [-0.15, -0.1) is 10.2 Å². The van der Waals surface area contributed by atoms with Crippen molar-refractivity contribution in [1.29, 1.82) is 0 Å². The van der Waals surface area contributed by atoms with E-state index in [1.165, 1.54) is 0 Å². The number of halogens is 1. The summed E-state index contributed by atoms with van der Waals surface area (Å²) in [6.45, 7) is 6.53. The minimum Gasteiger partial charge on any atom is -0.395 e. The highest BCUT2D eigenvalue weighted by molar-refractivity contribution is 5.97. The number of nitrogens with two attached hydrogens (primary N) is 1. The van der Waals surface area contributed by atoms with Crippen molar-refractivity contribution in [2.75, 3.05) is 17.6 Å². The van der Waals surface area contributed by atoms with E-state index < -0.39 is 5.82 Å². The van der Waals surface area contributed by atoms with Crippen molar-refractivity contribution >= 4 is 34.1 Å². The van der Waals surface area contributed by atoms with Crippen LogP contribution < -0.4 is 11.1 Å². The lowest BCUT2D eigenvalue weighted by Gasteiger charge is -2.31. The maximum Gasteiger partial charge on any atom is 0.255 e. The number of aromatic nitrogens is 4. The second-order valence-electron chi connectivity index (χ2n) is 8.67. The molecule has 4 heterocycles. The number of aryl methyl sites for hydroxylation is 1. The van der Waals surface area contributed by atoms with E-state index in [1.54, 1.807) is 36.7 Å². The number of pyridine rings is 2. The van der Waals surface area contributed by atoms with E-state index in [0.717, 1.165) is 11.3 Å². The Morgan fingerprint density at radius 2 is 1.91 bits per heavy atom. The van der Waals surface area contributed by atoms with E-state index in [1.807, 2.05) is 31.7 Å². The number of benzene rings is 1. The number of carbonyl (C=O) groups is 1. The molecule has 0 aliphatic carbocycles. The quantitative estimate of drug-likeness (QED) is 0.441. The van der Waals surface area contributed by atoms with Crippen molar-refractivity contribution in [2.45, 2.75) is 33.2 Å². The molecule has 1 aliphatic rings. The first-order valence-corrected chi connectivity index (χ1v) is 11.1. The van der Waals surface area contributed by atoms with Gasteiger partial charge < -0.3 is 16.0 Å². The number of hydrogen-bond acceptors (Lipinski definition) is 7. The smallest absolute Gasteiger partial charge is 0.255 e. The second-order valence-corrected chi connectivity index (χ2v) is 8.67. The zero-order valence-corrected chi connectivity index (χ0v) is 19.1. The number of hydrogen-bond donors (Lipinski definition) is 2. The Kier molecular flexibility index (Phi) is 5.31. The third-order valence-corrected chi connectivity index (χ3v) is 6.11. The lowest BCUT2D eigenvalue weighted by molar-refractivity contribution is 0.0686. The number of fused-ring (bicyclic) bond motifs is 2. The molecule has 0 radical (unpaired) electrons. The van der Waals surface area contributed by atoms with Gasteiger partial charge in [-0.25, -0.2) is 9.37 Å². The molecule has 0 saturated carbocycles. The molecule has 3 N–H and O–H groups in total. The van der Waals surface area contributed by atoms with Crippen LogP contribution in [0.2, 0.25) is 0 Å². The fraction of sp³-hybridized carbons (Fsp3) is 0.240. The monoisotopic (exact) mass is 457 g/mol. The lowest BCUT2D eigenvalue weighted by atomic mass is 9.99. The Hall–Kier alpha value is -4.14. The van der Waals surface area contributed by atoms with E-state index in [-0.39, 0.29) is 23.2 Å². The summed E-state index contributed by atoms with van der Waals surface area (Å²) in [5.41, 5.74) is 9.56. The highest BCUT2D eigenvalue weighted by Crippen LogP contribution is 2.34. The van der Waals surface area contributed by atoms with Crippen molar-refractivity contribution in [3.63, 3.8) is 0 Å². The number of nitrogens with zero attached hydrogens (tertiary/aromatic N) is 5. The maximum atomic E-state index is 15.0. The number of amides is 1. The molecule has 3 aromatic heterocycles. The summed E-state index contributed by atoms with van der Waals surface area (Å²) in [4.78, 5) is 23.3. The molecule has 1 amide bonds. The fourth-order valence-electron chi connectivity index (χ4n) is 4.26. The summed E-state index contributed by atoms with van der Waals surface area (Å²) < 4.78 is 15.0. The van der Waals surface area contributed by atoms with Crippen LogP contribution >= 0.6 is 0 Å². The minimum atomic E-state index is -0.546. The van der Waals surface area contributed by atoms with Crippen LogP contribution in [0.25, 0.3) is 22.0 Å². The molecule has 0 atom stereocenters. The summed E-state index contributed by atoms with van der Waals surface area (Å²) in [5.74, 6) is 0.439. The molecule has 0 fully saturated rings. The van der Waals surface area contributed by atoms with Crippen LogP contribution in [0.4, 0.5) is 21.7 Å². The molecule has 0 saturated heterocycles. The number of rotatable bonds is 4. The van der Waals surface area contributed by atoms with Crippen LogP contribution in [0, 0.1) is 12.7 Å². The highest BCUT2D eigenvalue weighted by Gasteiger charge is 2.27. The van der Waals surface area contributed by atoms with Crippen LogP contribution in [0.5, 0.6) is 0 Å². The van der Waals surface area contributed by atoms with Crippen molar-refractivity contribution < 1.29 is 9.18 Å². The molecule has 0 spiro atoms. The average Bonchev–Trinajstić information content (AvgIpc) is 2.82. The largest absolute Gasteiger partial charge is 0.395 e. The number of anilines is 3. The topological polar surface area (TPSA) is 110 Å². The molecule has 1 aliphatic heterocycles. The Labute approximate surface area is 196 Å². The van der Waals surface area contributed by atoms with Crippen LogP contribution in [-0.2, 0) is 6.42 Å². The third-order valence-electron chi connectivity index (χ3n) is 6.11. The molecule has 8 nitrogen and oxygen atoms in total. The van der Waals surface area contributed by atoms with Crippen molar-refractivity contribution in [2.24, 2.45) is 0 Å². The Morgan fingerprint density at radius 3 is 2.68 bits per heavy atom. The van der Waals surface area contributed by atoms with Crippen molar-refractivity contribution in [3.8, 4) is 11.1 Å². The first-order chi connectivity index (χ1) is 16.3. The SMILES string of the molecule is Cc1ccncc1-c1cc2cc(Nc3ccc4c(n3)CCN(C(C)C)C4=O)nnc2c(N)c1F. The predicted molar refractivity (Wildman–Crippen MR) is 129 cm³/mol. The maximum absolute atomic E-state index is 15.0. The van der Waals surface area contributed by atoms with Crippen LogP contribution in [0.1, 0.15) is 35.5 Å². The van der Waals surface area contributed by atoms with Gasteiger partial charge in [-0.05, 0) is 56.7 Å². The van der Waals surface area contributed by atoms with Crippen LogP contribution in [0.15, 0.2) is 42.7 Å². The number of carbonyl (C=O) groups excluding carboxylic acids is 1. The van der Waals surface area contributed by atoms with Gasteiger partial charge in [-0.3, -0.25) is 9.78 Å². The van der Waals surface area contributed by atoms with Gasteiger partial charge in [0.05, 0.1) is 16.9 Å². The molecule has 0 unspecified atom stereocenters. The van der Waals surface area contributed by atoms with Crippen LogP contribution in [0.3, 0.4) is 0 Å². The molecule has 9 heteroatoms. The zero-order valence-electron chi connectivity index (χ0n) is 19.1. The molecule has 4 aromatic rings. The molecule has 1 aromatic carbocycles.